The first kappa shape index (κ1) is 18.5. The quantitative estimate of drug-likeness (QED) is 0.709. The maximum Gasteiger partial charge on any atom is 0.261 e. The Labute approximate surface area is 166 Å². The minimum atomic E-state index is -0.246. The van der Waals surface area contributed by atoms with Crippen LogP contribution in [-0.4, -0.2) is 52.9 Å². The lowest BCUT2D eigenvalue weighted by atomic mass is 10.1. The number of nitrogens with zero attached hydrogens (tertiary/aromatic N) is 3. The van der Waals surface area contributed by atoms with Crippen LogP contribution in [-0.2, 0) is 0 Å². The van der Waals surface area contributed by atoms with Crippen LogP contribution in [0.1, 0.15) is 32.9 Å². The molecule has 0 bridgehead atoms. The van der Waals surface area contributed by atoms with E-state index >= 15 is 0 Å². The Morgan fingerprint density at radius 3 is 2.61 bits per heavy atom. The second kappa shape index (κ2) is 8.04. The van der Waals surface area contributed by atoms with Crippen molar-refractivity contribution in [2.75, 3.05) is 25.5 Å². The van der Waals surface area contributed by atoms with Gasteiger partial charge in [0.25, 0.3) is 11.8 Å². The summed E-state index contributed by atoms with van der Waals surface area (Å²) in [4.78, 5) is 37.1. The molecule has 1 fully saturated rings. The van der Waals surface area contributed by atoms with E-state index in [-0.39, 0.29) is 17.9 Å². The van der Waals surface area contributed by atoms with Gasteiger partial charge in [-0.05, 0) is 51.2 Å². The molecular formula is C20H21N5O2S. The molecule has 0 saturated carbocycles. The topological polar surface area (TPSA) is 87.2 Å². The Hall–Kier alpha value is -2.84. The molecule has 2 N–H and O–H groups in total. The number of hydrogen-bond donors (Lipinski definition) is 2. The third kappa shape index (κ3) is 4.02. The molecule has 1 aliphatic rings. The summed E-state index contributed by atoms with van der Waals surface area (Å²) in [7, 11) is 2.09. The van der Waals surface area contributed by atoms with Crippen LogP contribution in [0, 0.1) is 0 Å². The van der Waals surface area contributed by atoms with Crippen molar-refractivity contribution in [3.8, 4) is 0 Å². The first-order chi connectivity index (χ1) is 13.6. The SMILES string of the molecule is CN1CCC(NC(=O)c2cc3c(NC(=O)c4ccccc4)ncnc3s2)CC1. The van der Waals surface area contributed by atoms with Gasteiger partial charge in [0.15, 0.2) is 0 Å². The normalized spacial score (nSPS) is 15.5. The number of aromatic nitrogens is 2. The highest BCUT2D eigenvalue weighted by atomic mass is 32.1. The van der Waals surface area contributed by atoms with Gasteiger partial charge >= 0.3 is 0 Å². The summed E-state index contributed by atoms with van der Waals surface area (Å²) < 4.78 is 0. The summed E-state index contributed by atoms with van der Waals surface area (Å²) in [5, 5.41) is 6.60. The van der Waals surface area contributed by atoms with Gasteiger partial charge in [-0.3, -0.25) is 9.59 Å². The lowest BCUT2D eigenvalue weighted by Gasteiger charge is -2.29. The zero-order valence-corrected chi connectivity index (χ0v) is 16.3. The molecule has 1 saturated heterocycles. The smallest absolute Gasteiger partial charge is 0.261 e. The molecule has 8 heteroatoms. The Kier molecular flexibility index (Phi) is 5.31. The number of carbonyl (C=O) groups is 2. The van der Waals surface area contributed by atoms with Crippen LogP contribution in [0.5, 0.6) is 0 Å². The van der Waals surface area contributed by atoms with E-state index in [0.717, 1.165) is 25.9 Å². The van der Waals surface area contributed by atoms with Crippen molar-refractivity contribution in [2.24, 2.45) is 0 Å². The molecule has 144 valence electrons. The summed E-state index contributed by atoms with van der Waals surface area (Å²) in [6, 6.07) is 10.9. The van der Waals surface area contributed by atoms with E-state index in [1.807, 2.05) is 6.07 Å². The maximum atomic E-state index is 12.7. The Morgan fingerprint density at radius 1 is 1.11 bits per heavy atom. The number of rotatable bonds is 4. The van der Waals surface area contributed by atoms with E-state index < -0.39 is 0 Å². The highest BCUT2D eigenvalue weighted by Crippen LogP contribution is 2.28. The predicted octanol–water partition coefficient (Wildman–Crippen LogP) is 2.77. The third-order valence-corrected chi connectivity index (χ3v) is 5.92. The van der Waals surface area contributed by atoms with Crippen molar-refractivity contribution < 1.29 is 9.59 Å². The number of likely N-dealkylation sites (tertiary alicyclic amines) is 1. The number of carbonyl (C=O) groups excluding carboxylic acids is 2. The summed E-state index contributed by atoms with van der Waals surface area (Å²) >= 11 is 1.31. The molecule has 0 aliphatic carbocycles. The minimum Gasteiger partial charge on any atom is -0.349 e. The molecule has 0 unspecified atom stereocenters. The molecule has 0 atom stereocenters. The summed E-state index contributed by atoms with van der Waals surface area (Å²) in [5.41, 5.74) is 0.546. The van der Waals surface area contributed by atoms with Gasteiger partial charge in [0.2, 0.25) is 0 Å². The number of piperidine rings is 1. The van der Waals surface area contributed by atoms with E-state index in [2.05, 4.69) is 32.5 Å². The number of nitrogens with one attached hydrogen (secondary N) is 2. The van der Waals surface area contributed by atoms with Gasteiger partial charge in [0.05, 0.1) is 10.3 Å². The molecule has 0 radical (unpaired) electrons. The van der Waals surface area contributed by atoms with Gasteiger partial charge in [-0.1, -0.05) is 18.2 Å². The molecular weight excluding hydrogens is 374 g/mol. The zero-order valence-electron chi connectivity index (χ0n) is 15.5. The van der Waals surface area contributed by atoms with Crippen molar-refractivity contribution >= 4 is 39.2 Å². The number of anilines is 1. The second-order valence-electron chi connectivity index (χ2n) is 6.92. The highest BCUT2D eigenvalue weighted by Gasteiger charge is 2.21. The van der Waals surface area contributed by atoms with Crippen molar-refractivity contribution in [3.63, 3.8) is 0 Å². The zero-order chi connectivity index (χ0) is 19.5. The molecule has 0 spiro atoms. The van der Waals surface area contributed by atoms with Crippen LogP contribution in [0.3, 0.4) is 0 Å². The summed E-state index contributed by atoms with van der Waals surface area (Å²) in [6.07, 6.45) is 3.30. The van der Waals surface area contributed by atoms with Crippen molar-refractivity contribution in [1.82, 2.24) is 20.2 Å². The van der Waals surface area contributed by atoms with Crippen LogP contribution in [0.15, 0.2) is 42.7 Å². The first-order valence-electron chi connectivity index (χ1n) is 9.20. The van der Waals surface area contributed by atoms with Crippen molar-refractivity contribution in [3.05, 3.63) is 53.2 Å². The highest BCUT2D eigenvalue weighted by molar-refractivity contribution is 7.20. The molecule has 1 aromatic carbocycles. The standard InChI is InChI=1S/C20H21N5O2S/c1-25-9-7-14(8-10-25)23-19(27)16-11-15-17(21-12-22-20(15)28-16)24-18(26)13-5-3-2-4-6-13/h2-6,11-12,14H,7-10H2,1H3,(H,23,27)(H,21,22,24,26). The van der Waals surface area contributed by atoms with Crippen LogP contribution < -0.4 is 10.6 Å². The van der Waals surface area contributed by atoms with Crippen molar-refractivity contribution in [1.29, 1.82) is 0 Å². The Balaban J connectivity index is 1.52. The molecule has 2 amide bonds. The van der Waals surface area contributed by atoms with Gasteiger partial charge < -0.3 is 15.5 Å². The maximum absolute atomic E-state index is 12.7. The van der Waals surface area contributed by atoms with Gasteiger partial charge in [-0.2, -0.15) is 0 Å². The molecule has 7 nitrogen and oxygen atoms in total. The summed E-state index contributed by atoms with van der Waals surface area (Å²) in [6.45, 7) is 1.97. The Morgan fingerprint density at radius 2 is 1.86 bits per heavy atom. The molecule has 3 aromatic rings. The molecule has 28 heavy (non-hydrogen) atoms. The predicted molar refractivity (Wildman–Crippen MR) is 110 cm³/mol. The minimum absolute atomic E-state index is 0.0992. The third-order valence-electron chi connectivity index (χ3n) is 4.87. The summed E-state index contributed by atoms with van der Waals surface area (Å²) in [5.74, 6) is 0.0652. The van der Waals surface area contributed by atoms with Gasteiger partial charge in [-0.15, -0.1) is 11.3 Å². The largest absolute Gasteiger partial charge is 0.349 e. The van der Waals surface area contributed by atoms with E-state index in [1.54, 1.807) is 30.3 Å². The van der Waals surface area contributed by atoms with Crippen LogP contribution >= 0.6 is 11.3 Å². The fourth-order valence-corrected chi connectivity index (χ4v) is 4.15. The van der Waals surface area contributed by atoms with Gasteiger partial charge in [-0.25, -0.2) is 9.97 Å². The average molecular weight is 395 g/mol. The number of fused-ring (bicyclic) bond motifs is 1. The lowest BCUT2D eigenvalue weighted by Crippen LogP contribution is -2.43. The van der Waals surface area contributed by atoms with E-state index in [0.29, 0.717) is 26.5 Å². The number of benzene rings is 1. The van der Waals surface area contributed by atoms with Crippen LogP contribution in [0.4, 0.5) is 5.82 Å². The van der Waals surface area contributed by atoms with Crippen LogP contribution in [0.2, 0.25) is 0 Å². The molecule has 4 rings (SSSR count). The van der Waals surface area contributed by atoms with E-state index in [4.69, 9.17) is 0 Å². The molecule has 3 heterocycles. The average Bonchev–Trinajstić information content (AvgIpc) is 3.16. The van der Waals surface area contributed by atoms with Gasteiger partial charge in [0, 0.05) is 11.6 Å². The van der Waals surface area contributed by atoms with Crippen molar-refractivity contribution in [2.45, 2.75) is 18.9 Å². The number of thiophene rings is 1. The lowest BCUT2D eigenvalue weighted by molar-refractivity contribution is 0.0920. The van der Waals surface area contributed by atoms with E-state index in [1.165, 1.54) is 17.7 Å². The number of hydrogen-bond acceptors (Lipinski definition) is 6. The number of amides is 2. The van der Waals surface area contributed by atoms with Crippen LogP contribution in [0.25, 0.3) is 10.2 Å². The first-order valence-corrected chi connectivity index (χ1v) is 10.0. The monoisotopic (exact) mass is 395 g/mol. The fourth-order valence-electron chi connectivity index (χ4n) is 3.25. The fraction of sp³-hybridized carbons (Fsp3) is 0.300. The molecule has 1 aliphatic heterocycles. The van der Waals surface area contributed by atoms with Gasteiger partial charge in [0.1, 0.15) is 17.0 Å². The second-order valence-corrected chi connectivity index (χ2v) is 7.95. The Bertz CT molecular complexity index is 996. The molecule has 2 aromatic heterocycles. The van der Waals surface area contributed by atoms with E-state index in [9.17, 15) is 9.59 Å².